The van der Waals surface area contributed by atoms with Gasteiger partial charge in [0.25, 0.3) is 0 Å². The molecule has 0 saturated heterocycles. The van der Waals surface area contributed by atoms with Gasteiger partial charge in [0.2, 0.25) is 26.3 Å². The van der Waals surface area contributed by atoms with Gasteiger partial charge in [-0.3, -0.25) is 9.59 Å². The lowest BCUT2D eigenvalue weighted by atomic mass is 10.5. The second kappa shape index (κ2) is 13.4. The van der Waals surface area contributed by atoms with Gasteiger partial charge in [0.1, 0.15) is 0 Å². The van der Waals surface area contributed by atoms with Crippen LogP contribution in [0.2, 0.25) is 38.3 Å². The third-order valence-corrected chi connectivity index (χ3v) is 7.18. The number of esters is 2. The molecule has 0 aromatic rings. The lowest BCUT2D eigenvalue weighted by molar-refractivity contribution is -0.166. The van der Waals surface area contributed by atoms with Crippen LogP contribution in [0.15, 0.2) is 0 Å². The van der Waals surface area contributed by atoms with E-state index in [-0.39, 0.29) is 31.6 Å². The molecule has 0 spiro atoms. The van der Waals surface area contributed by atoms with Crippen LogP contribution in [0.1, 0.15) is 12.8 Å². The second-order valence-electron chi connectivity index (χ2n) is 4.46. The van der Waals surface area contributed by atoms with E-state index < -0.39 is 18.1 Å². The number of ether oxygens (including phenoxy) is 2. The molecule has 21 heavy (non-hydrogen) atoms. The molecule has 0 heterocycles. The van der Waals surface area contributed by atoms with Crippen molar-refractivity contribution in [2.24, 2.45) is 0 Å². The fraction of sp³-hybridized carbons (Fsp3) is 0.818. The Morgan fingerprint density at radius 1 is 0.810 bits per heavy atom. The van der Waals surface area contributed by atoms with Gasteiger partial charge in [-0.25, -0.2) is 0 Å². The molecule has 0 amide bonds. The van der Waals surface area contributed by atoms with Crippen molar-refractivity contribution in [2.75, 3.05) is 6.79 Å². The summed E-state index contributed by atoms with van der Waals surface area (Å²) in [5.74, 6) is -0.733. The fourth-order valence-electron chi connectivity index (χ4n) is 1.00. The molecule has 0 aromatic heterocycles. The maximum Gasteiger partial charge on any atom is 0.308 e. The molecule has 0 rings (SSSR count). The Hall–Kier alpha value is -0.272. The smallest absolute Gasteiger partial charge is 0.308 e. The van der Waals surface area contributed by atoms with Crippen molar-refractivity contribution in [3.05, 3.63) is 0 Å². The maximum absolute atomic E-state index is 11.3. The van der Waals surface area contributed by atoms with Crippen LogP contribution in [-0.4, -0.2) is 56.3 Å². The molecule has 0 atom stereocenters. The Morgan fingerprint density at radius 2 is 1.19 bits per heavy atom. The van der Waals surface area contributed by atoms with Crippen molar-refractivity contribution in [1.82, 2.24) is 0 Å². The molecule has 0 aliphatic heterocycles. The Bertz CT molecular complexity index is 272. The van der Waals surface area contributed by atoms with E-state index in [1.54, 1.807) is 0 Å². The van der Waals surface area contributed by atoms with E-state index in [2.05, 4.69) is 0 Å². The third kappa shape index (κ3) is 15.9. The van der Waals surface area contributed by atoms with Crippen LogP contribution in [-0.2, 0) is 27.3 Å². The molecule has 0 aliphatic carbocycles. The molecular weight excluding hydrogens is 340 g/mol. The summed E-state index contributed by atoms with van der Waals surface area (Å²) >= 11 is 0. The van der Waals surface area contributed by atoms with Crippen LogP contribution in [0.5, 0.6) is 0 Å². The largest absolute Gasteiger partial charge is 0.456 e. The van der Waals surface area contributed by atoms with Crippen molar-refractivity contribution >= 4 is 49.5 Å². The third-order valence-electron chi connectivity index (χ3n) is 1.85. The van der Waals surface area contributed by atoms with Crippen LogP contribution in [0.25, 0.3) is 0 Å². The van der Waals surface area contributed by atoms with E-state index in [0.717, 1.165) is 0 Å². The highest BCUT2D eigenvalue weighted by molar-refractivity contribution is 6.56. The van der Waals surface area contributed by atoms with Crippen molar-refractivity contribution in [1.29, 1.82) is 0 Å². The number of rotatable bonds is 12. The van der Waals surface area contributed by atoms with Gasteiger partial charge in [-0.1, -0.05) is 0 Å². The van der Waals surface area contributed by atoms with E-state index in [4.69, 9.17) is 17.7 Å². The van der Waals surface area contributed by atoms with Crippen molar-refractivity contribution in [2.45, 2.75) is 51.1 Å². The van der Waals surface area contributed by atoms with Gasteiger partial charge < -0.3 is 17.7 Å². The second-order valence-corrected chi connectivity index (χ2v) is 11.3. The monoisotopic (exact) mass is 362 g/mol. The topological polar surface area (TPSA) is 71.1 Å². The molecule has 118 valence electrons. The van der Waals surface area contributed by atoms with Crippen molar-refractivity contribution < 1.29 is 27.3 Å². The summed E-state index contributed by atoms with van der Waals surface area (Å²) in [5.41, 5.74) is 0. The van der Waals surface area contributed by atoms with E-state index in [0.29, 0.717) is 31.6 Å². The average Bonchev–Trinajstić information content (AvgIpc) is 2.39. The first kappa shape index (κ1) is 20.7. The molecule has 6 radical (unpaired) electrons. The van der Waals surface area contributed by atoms with Gasteiger partial charge in [0, 0.05) is 12.8 Å². The fourth-order valence-corrected chi connectivity index (χ4v) is 4.74. The zero-order valence-electron chi connectivity index (χ0n) is 13.0. The molecule has 0 bridgehead atoms. The lowest BCUT2D eigenvalue weighted by Gasteiger charge is -2.07. The van der Waals surface area contributed by atoms with E-state index in [1.165, 1.54) is 0 Å². The van der Waals surface area contributed by atoms with Crippen LogP contribution in [0.4, 0.5) is 0 Å². The van der Waals surface area contributed by atoms with Gasteiger partial charge in [-0.05, 0) is 38.3 Å². The van der Waals surface area contributed by atoms with E-state index >= 15 is 0 Å². The van der Waals surface area contributed by atoms with Crippen LogP contribution >= 0.6 is 0 Å². The zero-order valence-corrected chi connectivity index (χ0v) is 17.0. The molecule has 0 aliphatic rings. The number of carbonyl (C=O) groups excluding carboxylic acids is 2. The molecule has 10 heteroatoms. The van der Waals surface area contributed by atoms with Crippen LogP contribution < -0.4 is 0 Å². The Morgan fingerprint density at radius 3 is 1.52 bits per heavy atom. The van der Waals surface area contributed by atoms with Gasteiger partial charge >= 0.3 is 11.9 Å². The molecule has 0 saturated carbocycles. The molecule has 6 nitrogen and oxygen atoms in total. The minimum Gasteiger partial charge on any atom is -0.456 e. The minimum atomic E-state index is -0.693. The van der Waals surface area contributed by atoms with Gasteiger partial charge in [0.05, 0.1) is 0 Å². The van der Waals surface area contributed by atoms with Crippen LogP contribution in [0.3, 0.4) is 0 Å². The Labute approximate surface area is 135 Å². The number of hydrogen-bond acceptors (Lipinski definition) is 6. The maximum atomic E-state index is 11.3. The zero-order chi connectivity index (χ0) is 16.1. The summed E-state index contributed by atoms with van der Waals surface area (Å²) in [6, 6.07) is 1.30. The Balaban J connectivity index is 3.43. The summed E-state index contributed by atoms with van der Waals surface area (Å²) < 4.78 is 20.5. The molecule has 0 unspecified atom stereocenters. The quantitative estimate of drug-likeness (QED) is 0.226. The SMILES string of the molecule is C[Si](C)O[Si]CCC(=O)OCOC(=O)CC[Si]O[Si](C)C. The standard InChI is InChI=1S/C11H22O6Si4/c1-20(2)16-18-7-5-10(12)14-9-15-11(13)6-8-19-17-21(3)4/h5-9H2,1-4H3. The first-order chi connectivity index (χ1) is 9.91. The highest BCUT2D eigenvalue weighted by Gasteiger charge is 2.08. The van der Waals surface area contributed by atoms with Gasteiger partial charge in [-0.15, -0.1) is 0 Å². The molecular formula is C11H22O6Si4. The first-order valence-corrected chi connectivity index (χ1v) is 13.7. The highest BCUT2D eigenvalue weighted by Crippen LogP contribution is 1.98. The Kier molecular flexibility index (Phi) is 13.2. The van der Waals surface area contributed by atoms with Gasteiger partial charge in [0.15, 0.2) is 18.1 Å². The predicted molar refractivity (Wildman–Crippen MR) is 84.5 cm³/mol. The van der Waals surface area contributed by atoms with Crippen LogP contribution in [0, 0.1) is 0 Å². The number of hydrogen-bond donors (Lipinski definition) is 0. The normalized spacial score (nSPS) is 11.0. The summed E-state index contributed by atoms with van der Waals surface area (Å²) in [6.07, 6.45) is 0.580. The summed E-state index contributed by atoms with van der Waals surface area (Å²) in [7, 11) is -0.728. The van der Waals surface area contributed by atoms with Crippen molar-refractivity contribution in [3.8, 4) is 0 Å². The first-order valence-electron chi connectivity index (χ1n) is 6.62. The summed E-state index contributed by atoms with van der Waals surface area (Å²) in [4.78, 5) is 22.7. The van der Waals surface area contributed by atoms with Crippen molar-refractivity contribution in [3.63, 3.8) is 0 Å². The summed E-state index contributed by atoms with van der Waals surface area (Å²) in [5, 5.41) is 0. The lowest BCUT2D eigenvalue weighted by Crippen LogP contribution is -2.16. The number of carbonyl (C=O) groups is 2. The average molecular weight is 363 g/mol. The molecule has 0 N–H and O–H groups in total. The summed E-state index contributed by atoms with van der Waals surface area (Å²) in [6.45, 7) is 7.88. The molecule has 0 fully saturated rings. The minimum absolute atomic E-state index is 0.290. The van der Waals surface area contributed by atoms with E-state index in [9.17, 15) is 9.59 Å². The molecule has 0 aromatic carbocycles. The predicted octanol–water partition coefficient (Wildman–Crippen LogP) is 1.42. The highest BCUT2D eigenvalue weighted by atomic mass is 28.3. The van der Waals surface area contributed by atoms with E-state index in [1.807, 2.05) is 26.2 Å². The van der Waals surface area contributed by atoms with Gasteiger partial charge in [-0.2, -0.15) is 0 Å².